The third-order valence-electron chi connectivity index (χ3n) is 5.98. The largest absolute Gasteiger partial charge is 0.493 e. The highest BCUT2D eigenvalue weighted by Crippen LogP contribution is 2.28. The average molecular weight is 443 g/mol. The fourth-order valence-electron chi connectivity index (χ4n) is 4.17. The molecule has 0 saturated heterocycles. The van der Waals surface area contributed by atoms with Crippen LogP contribution in [0.1, 0.15) is 37.7 Å². The third-order valence-corrected chi connectivity index (χ3v) is 5.98. The van der Waals surface area contributed by atoms with Gasteiger partial charge >= 0.3 is 0 Å². The summed E-state index contributed by atoms with van der Waals surface area (Å²) in [4.78, 5) is 2.28. The Kier molecular flexibility index (Phi) is 10.1. The molecule has 2 N–H and O–H groups in total. The van der Waals surface area contributed by atoms with Gasteiger partial charge in [0.2, 0.25) is 0 Å². The van der Waals surface area contributed by atoms with Crippen molar-refractivity contribution in [2.75, 3.05) is 40.5 Å². The topological polar surface area (TPSA) is 63.2 Å². The number of rotatable bonds is 13. The van der Waals surface area contributed by atoms with Gasteiger partial charge in [-0.15, -0.1) is 0 Å². The fourth-order valence-corrected chi connectivity index (χ4v) is 4.17. The van der Waals surface area contributed by atoms with Crippen molar-refractivity contribution < 1.29 is 19.3 Å². The molecule has 1 aliphatic rings. The van der Waals surface area contributed by atoms with Crippen molar-refractivity contribution in [3.63, 3.8) is 0 Å². The predicted molar refractivity (Wildman–Crippen MR) is 128 cm³/mol. The molecule has 0 aromatic heterocycles. The Morgan fingerprint density at radius 3 is 2.56 bits per heavy atom. The molecular formula is C26H38N2O4. The molecule has 6 nitrogen and oxygen atoms in total. The maximum Gasteiger partial charge on any atom is 0.161 e. The van der Waals surface area contributed by atoms with Crippen molar-refractivity contribution in [3.8, 4) is 17.2 Å². The zero-order valence-corrected chi connectivity index (χ0v) is 19.5. The van der Waals surface area contributed by atoms with Crippen LogP contribution in [0.3, 0.4) is 0 Å². The summed E-state index contributed by atoms with van der Waals surface area (Å²) in [6, 6.07) is 16.3. The molecule has 3 rings (SSSR count). The summed E-state index contributed by atoms with van der Waals surface area (Å²) in [5.41, 5.74) is 1.10. The van der Waals surface area contributed by atoms with E-state index >= 15 is 0 Å². The Hall–Kier alpha value is -2.28. The van der Waals surface area contributed by atoms with E-state index in [-0.39, 0.29) is 6.61 Å². The monoisotopic (exact) mass is 442 g/mol. The van der Waals surface area contributed by atoms with Crippen LogP contribution in [0.15, 0.2) is 48.5 Å². The average Bonchev–Trinajstić information content (AvgIpc) is 2.84. The van der Waals surface area contributed by atoms with Crippen LogP contribution in [0.4, 0.5) is 0 Å². The second-order valence-electron chi connectivity index (χ2n) is 8.52. The van der Waals surface area contributed by atoms with Crippen LogP contribution in [0.2, 0.25) is 0 Å². The smallest absolute Gasteiger partial charge is 0.161 e. The van der Waals surface area contributed by atoms with Gasteiger partial charge in [-0.05, 0) is 49.7 Å². The second-order valence-corrected chi connectivity index (χ2v) is 8.52. The van der Waals surface area contributed by atoms with E-state index in [9.17, 15) is 5.11 Å². The lowest BCUT2D eigenvalue weighted by Crippen LogP contribution is -2.40. The summed E-state index contributed by atoms with van der Waals surface area (Å²) in [7, 11) is 3.74. The number of methoxy groups -OCH3 is 1. The zero-order valence-electron chi connectivity index (χ0n) is 19.5. The molecule has 32 heavy (non-hydrogen) atoms. The number of likely N-dealkylation sites (N-methyl/N-ethyl adjacent to an activating group) is 1. The zero-order chi connectivity index (χ0) is 22.6. The highest BCUT2D eigenvalue weighted by atomic mass is 16.5. The van der Waals surface area contributed by atoms with Crippen LogP contribution in [-0.2, 0) is 6.54 Å². The summed E-state index contributed by atoms with van der Waals surface area (Å²) >= 11 is 0. The third kappa shape index (κ3) is 8.01. The summed E-state index contributed by atoms with van der Waals surface area (Å²) in [5.74, 6) is 2.21. The number of ether oxygens (including phenoxy) is 3. The van der Waals surface area contributed by atoms with Gasteiger partial charge in [0.05, 0.1) is 7.11 Å². The van der Waals surface area contributed by atoms with Crippen molar-refractivity contribution in [1.29, 1.82) is 0 Å². The van der Waals surface area contributed by atoms with Gasteiger partial charge in [0, 0.05) is 25.7 Å². The van der Waals surface area contributed by atoms with E-state index < -0.39 is 6.10 Å². The molecule has 176 valence electrons. The first-order chi connectivity index (χ1) is 15.7. The lowest BCUT2D eigenvalue weighted by molar-refractivity contribution is 0.0553. The molecule has 1 unspecified atom stereocenters. The molecule has 1 saturated carbocycles. The van der Waals surface area contributed by atoms with Gasteiger partial charge in [-0.2, -0.15) is 0 Å². The number of hydrogen-bond donors (Lipinski definition) is 2. The Bertz CT molecular complexity index is 781. The molecule has 0 amide bonds. The summed E-state index contributed by atoms with van der Waals surface area (Å²) in [5, 5.41) is 13.8. The standard InChI is InChI=1S/C26H38N2O4/c1-28(22-9-5-3-6-10-22)19-23(29)20-32-25-14-13-21(17-26(25)30-2)18-27-15-16-31-24-11-7-4-8-12-24/h4,7-8,11-14,17,22-23,27,29H,3,5-6,9-10,15-16,18-20H2,1-2H3. The van der Waals surface area contributed by atoms with E-state index in [2.05, 4.69) is 17.3 Å². The summed E-state index contributed by atoms with van der Waals surface area (Å²) in [6.07, 6.45) is 5.85. The lowest BCUT2D eigenvalue weighted by Gasteiger charge is -2.32. The molecule has 0 bridgehead atoms. The Morgan fingerprint density at radius 2 is 1.81 bits per heavy atom. The lowest BCUT2D eigenvalue weighted by atomic mass is 9.94. The van der Waals surface area contributed by atoms with Crippen molar-refractivity contribution in [2.24, 2.45) is 0 Å². The molecule has 0 heterocycles. The van der Waals surface area contributed by atoms with Gasteiger partial charge in [0.25, 0.3) is 0 Å². The van der Waals surface area contributed by atoms with Crippen molar-refractivity contribution in [1.82, 2.24) is 10.2 Å². The van der Waals surface area contributed by atoms with Gasteiger partial charge in [0.15, 0.2) is 11.5 Å². The van der Waals surface area contributed by atoms with E-state index in [4.69, 9.17) is 14.2 Å². The highest BCUT2D eigenvalue weighted by Gasteiger charge is 2.20. The number of benzene rings is 2. The van der Waals surface area contributed by atoms with E-state index in [0.717, 1.165) is 17.9 Å². The Balaban J connectivity index is 1.39. The maximum absolute atomic E-state index is 10.4. The molecule has 0 spiro atoms. The maximum atomic E-state index is 10.4. The molecule has 1 fully saturated rings. The van der Waals surface area contributed by atoms with Crippen LogP contribution >= 0.6 is 0 Å². The van der Waals surface area contributed by atoms with Gasteiger partial charge in [0.1, 0.15) is 25.1 Å². The normalized spacial score (nSPS) is 15.5. The SMILES string of the molecule is COc1cc(CNCCOc2ccccc2)ccc1OCC(O)CN(C)C1CCCCC1. The minimum atomic E-state index is -0.530. The van der Waals surface area contributed by atoms with E-state index in [1.807, 2.05) is 48.5 Å². The molecule has 0 aliphatic heterocycles. The van der Waals surface area contributed by atoms with Crippen LogP contribution in [0, 0.1) is 0 Å². The van der Waals surface area contributed by atoms with Crippen LogP contribution in [0.5, 0.6) is 17.2 Å². The minimum Gasteiger partial charge on any atom is -0.493 e. The first-order valence-electron chi connectivity index (χ1n) is 11.7. The van der Waals surface area contributed by atoms with Crippen LogP contribution in [0.25, 0.3) is 0 Å². The number of hydrogen-bond acceptors (Lipinski definition) is 6. The molecule has 6 heteroatoms. The van der Waals surface area contributed by atoms with Crippen molar-refractivity contribution in [3.05, 3.63) is 54.1 Å². The molecule has 0 radical (unpaired) electrons. The number of nitrogens with zero attached hydrogens (tertiary/aromatic N) is 1. The Labute approximate surface area is 192 Å². The van der Waals surface area contributed by atoms with Crippen molar-refractivity contribution in [2.45, 2.75) is 50.8 Å². The summed E-state index contributed by atoms with van der Waals surface area (Å²) in [6.45, 7) is 2.94. The molecule has 1 atom stereocenters. The molecular weight excluding hydrogens is 404 g/mol. The van der Waals surface area contributed by atoms with E-state index in [1.165, 1.54) is 32.1 Å². The number of para-hydroxylation sites is 1. The number of aliphatic hydroxyl groups is 1. The predicted octanol–water partition coefficient (Wildman–Crippen LogP) is 3.87. The fraction of sp³-hybridized carbons (Fsp3) is 0.538. The van der Waals surface area contributed by atoms with Crippen LogP contribution < -0.4 is 19.5 Å². The molecule has 2 aromatic rings. The van der Waals surface area contributed by atoms with E-state index in [1.54, 1.807) is 7.11 Å². The van der Waals surface area contributed by atoms with Gasteiger partial charge < -0.3 is 29.5 Å². The first-order valence-corrected chi connectivity index (χ1v) is 11.7. The molecule has 1 aliphatic carbocycles. The van der Waals surface area contributed by atoms with Crippen LogP contribution in [-0.4, -0.2) is 62.6 Å². The minimum absolute atomic E-state index is 0.252. The van der Waals surface area contributed by atoms with Gasteiger partial charge in [-0.3, -0.25) is 0 Å². The van der Waals surface area contributed by atoms with Gasteiger partial charge in [-0.1, -0.05) is 43.5 Å². The summed E-state index contributed by atoms with van der Waals surface area (Å²) < 4.78 is 17.1. The highest BCUT2D eigenvalue weighted by molar-refractivity contribution is 5.43. The number of nitrogens with one attached hydrogen (secondary N) is 1. The Morgan fingerprint density at radius 1 is 1.03 bits per heavy atom. The molecule has 2 aromatic carbocycles. The van der Waals surface area contributed by atoms with Crippen molar-refractivity contribution >= 4 is 0 Å². The second kappa shape index (κ2) is 13.3. The first kappa shape index (κ1) is 24.4. The quantitative estimate of drug-likeness (QED) is 0.459. The number of aliphatic hydroxyl groups excluding tert-OH is 1. The van der Waals surface area contributed by atoms with Gasteiger partial charge in [-0.25, -0.2) is 0 Å². The van der Waals surface area contributed by atoms with E-state index in [0.29, 0.717) is 37.2 Å².